The van der Waals surface area contributed by atoms with Crippen molar-refractivity contribution in [3.8, 4) is 5.75 Å². The van der Waals surface area contributed by atoms with Crippen molar-refractivity contribution in [2.24, 2.45) is 0 Å². The zero-order valence-electron chi connectivity index (χ0n) is 15.4. The summed E-state index contributed by atoms with van der Waals surface area (Å²) < 4.78 is 65.4. The van der Waals surface area contributed by atoms with Crippen LogP contribution in [-0.2, 0) is 14.8 Å². The van der Waals surface area contributed by atoms with Gasteiger partial charge in [0.15, 0.2) is 0 Å². The number of benzene rings is 2. The number of nitrogens with one attached hydrogen (secondary N) is 1. The lowest BCUT2D eigenvalue weighted by molar-refractivity contribution is -0.274. The second kappa shape index (κ2) is 8.09. The highest BCUT2D eigenvalue weighted by atomic mass is 32.2. The number of halogens is 3. The SMILES string of the molecule is Cc1ccc(N(CC(=O)Nc2ccc(OC(F)(F)F)cc2)S(C)(=O)=O)cc1C. The molecule has 1 amide bonds. The number of alkyl halides is 3. The maximum atomic E-state index is 12.3. The Morgan fingerprint density at radius 3 is 2.18 bits per heavy atom. The van der Waals surface area contributed by atoms with Crippen LogP contribution in [0.2, 0.25) is 0 Å². The van der Waals surface area contributed by atoms with Crippen LogP contribution in [0, 0.1) is 13.8 Å². The molecule has 152 valence electrons. The molecule has 0 aliphatic heterocycles. The zero-order chi connectivity index (χ0) is 21.1. The molecule has 0 saturated heterocycles. The minimum Gasteiger partial charge on any atom is -0.406 e. The smallest absolute Gasteiger partial charge is 0.406 e. The normalized spacial score (nSPS) is 11.8. The molecular weight excluding hydrogens is 397 g/mol. The van der Waals surface area contributed by atoms with Crippen LogP contribution in [0.3, 0.4) is 0 Å². The van der Waals surface area contributed by atoms with Gasteiger partial charge in [-0.3, -0.25) is 9.10 Å². The molecule has 0 fully saturated rings. The highest BCUT2D eigenvalue weighted by Gasteiger charge is 2.31. The molecule has 0 aromatic heterocycles. The van der Waals surface area contributed by atoms with Gasteiger partial charge in [-0.1, -0.05) is 6.07 Å². The van der Waals surface area contributed by atoms with E-state index in [0.717, 1.165) is 33.8 Å². The Morgan fingerprint density at radius 1 is 1.07 bits per heavy atom. The highest BCUT2D eigenvalue weighted by molar-refractivity contribution is 7.92. The fourth-order valence-corrected chi connectivity index (χ4v) is 3.20. The van der Waals surface area contributed by atoms with Gasteiger partial charge in [-0.15, -0.1) is 13.2 Å². The van der Waals surface area contributed by atoms with Gasteiger partial charge in [0.1, 0.15) is 12.3 Å². The van der Waals surface area contributed by atoms with Crippen LogP contribution < -0.4 is 14.4 Å². The fourth-order valence-electron chi connectivity index (χ4n) is 2.35. The number of nitrogens with zero attached hydrogens (tertiary/aromatic N) is 1. The van der Waals surface area contributed by atoms with Crippen molar-refractivity contribution in [3.63, 3.8) is 0 Å². The van der Waals surface area contributed by atoms with Crippen molar-refractivity contribution >= 4 is 27.3 Å². The van der Waals surface area contributed by atoms with Gasteiger partial charge in [0.2, 0.25) is 15.9 Å². The van der Waals surface area contributed by atoms with Crippen molar-refractivity contribution in [2.75, 3.05) is 22.4 Å². The number of aryl methyl sites for hydroxylation is 2. The third-order valence-corrected chi connectivity index (χ3v) is 4.98. The second-order valence-corrected chi connectivity index (χ2v) is 8.07. The molecule has 0 bridgehead atoms. The number of sulfonamides is 1. The van der Waals surface area contributed by atoms with Crippen LogP contribution in [0.5, 0.6) is 5.75 Å². The molecule has 2 aromatic carbocycles. The van der Waals surface area contributed by atoms with E-state index in [-0.39, 0.29) is 5.69 Å². The van der Waals surface area contributed by atoms with Crippen LogP contribution in [0.15, 0.2) is 42.5 Å². The first-order valence-electron chi connectivity index (χ1n) is 8.06. The lowest BCUT2D eigenvalue weighted by Gasteiger charge is -2.22. The zero-order valence-corrected chi connectivity index (χ0v) is 16.2. The van der Waals surface area contributed by atoms with E-state index in [9.17, 15) is 26.4 Å². The second-order valence-electron chi connectivity index (χ2n) is 6.16. The minimum atomic E-state index is -4.81. The Labute approximate surface area is 161 Å². The van der Waals surface area contributed by atoms with Gasteiger partial charge in [0.05, 0.1) is 11.9 Å². The van der Waals surface area contributed by atoms with Crippen LogP contribution in [0.1, 0.15) is 11.1 Å². The first-order valence-corrected chi connectivity index (χ1v) is 9.90. The van der Waals surface area contributed by atoms with E-state index in [0.29, 0.717) is 5.69 Å². The molecule has 0 unspecified atom stereocenters. The fraction of sp³-hybridized carbons (Fsp3) is 0.278. The Hall–Kier alpha value is -2.75. The Bertz CT molecular complexity index is 958. The Balaban J connectivity index is 2.13. The molecule has 28 heavy (non-hydrogen) atoms. The number of rotatable bonds is 6. The lowest BCUT2D eigenvalue weighted by Crippen LogP contribution is -2.37. The number of amides is 1. The largest absolute Gasteiger partial charge is 0.573 e. The topological polar surface area (TPSA) is 75.7 Å². The van der Waals surface area contributed by atoms with E-state index in [1.54, 1.807) is 18.2 Å². The molecule has 0 aliphatic rings. The summed E-state index contributed by atoms with van der Waals surface area (Å²) >= 11 is 0. The van der Waals surface area contributed by atoms with Gasteiger partial charge >= 0.3 is 6.36 Å². The summed E-state index contributed by atoms with van der Waals surface area (Å²) in [6.07, 6.45) is -3.83. The molecule has 0 atom stereocenters. The maximum Gasteiger partial charge on any atom is 0.573 e. The monoisotopic (exact) mass is 416 g/mol. The number of hydrogen-bond donors (Lipinski definition) is 1. The molecule has 10 heteroatoms. The van der Waals surface area contributed by atoms with Crippen molar-refractivity contribution < 1.29 is 31.1 Å². The molecule has 0 saturated carbocycles. The summed E-state index contributed by atoms with van der Waals surface area (Å²) in [5.74, 6) is -1.08. The van der Waals surface area contributed by atoms with Crippen LogP contribution in [0.4, 0.5) is 24.5 Å². The van der Waals surface area contributed by atoms with Crippen LogP contribution in [-0.4, -0.2) is 33.5 Å². The summed E-state index contributed by atoms with van der Waals surface area (Å²) in [5, 5.41) is 2.45. The average molecular weight is 416 g/mol. The number of anilines is 2. The predicted molar refractivity (Wildman–Crippen MR) is 99.9 cm³/mol. The third kappa shape index (κ3) is 6.15. The maximum absolute atomic E-state index is 12.3. The average Bonchev–Trinajstić information content (AvgIpc) is 2.55. The molecule has 2 rings (SSSR count). The summed E-state index contributed by atoms with van der Waals surface area (Å²) in [5.41, 5.74) is 2.39. The Morgan fingerprint density at radius 2 is 1.68 bits per heavy atom. The predicted octanol–water partition coefficient (Wildman–Crippen LogP) is 3.61. The van der Waals surface area contributed by atoms with E-state index in [1.165, 1.54) is 12.1 Å². The van der Waals surface area contributed by atoms with Crippen molar-refractivity contribution in [1.29, 1.82) is 0 Å². The Kier molecular flexibility index (Phi) is 6.23. The van der Waals surface area contributed by atoms with Crippen molar-refractivity contribution in [3.05, 3.63) is 53.6 Å². The summed E-state index contributed by atoms with van der Waals surface area (Å²) in [7, 11) is -3.73. The molecule has 2 aromatic rings. The van der Waals surface area contributed by atoms with E-state index >= 15 is 0 Å². The van der Waals surface area contributed by atoms with E-state index in [4.69, 9.17) is 0 Å². The lowest BCUT2D eigenvalue weighted by atomic mass is 10.1. The molecule has 6 nitrogen and oxygen atoms in total. The third-order valence-electron chi connectivity index (χ3n) is 3.84. The van der Waals surface area contributed by atoms with E-state index < -0.39 is 34.6 Å². The summed E-state index contributed by atoms with van der Waals surface area (Å²) in [6, 6.07) is 9.54. The summed E-state index contributed by atoms with van der Waals surface area (Å²) in [6.45, 7) is 3.22. The number of ether oxygens (including phenoxy) is 1. The minimum absolute atomic E-state index is 0.202. The standard InChI is InChI=1S/C18H19F3N2O4S/c1-12-4-7-15(10-13(12)2)23(28(3,25)26)11-17(24)22-14-5-8-16(9-6-14)27-18(19,20)21/h4-10H,11H2,1-3H3,(H,22,24). The molecule has 0 aliphatic carbocycles. The van der Waals surface area contributed by atoms with Gasteiger partial charge in [-0.05, 0) is 61.4 Å². The first-order chi connectivity index (χ1) is 12.8. The molecule has 1 N–H and O–H groups in total. The van der Waals surface area contributed by atoms with Crippen molar-refractivity contribution in [2.45, 2.75) is 20.2 Å². The van der Waals surface area contributed by atoms with Crippen molar-refractivity contribution in [1.82, 2.24) is 0 Å². The quantitative estimate of drug-likeness (QED) is 0.781. The van der Waals surface area contributed by atoms with Gasteiger partial charge in [0, 0.05) is 5.69 Å². The molecule has 0 heterocycles. The molecule has 0 radical (unpaired) electrons. The van der Waals surface area contributed by atoms with Gasteiger partial charge < -0.3 is 10.1 Å². The highest BCUT2D eigenvalue weighted by Crippen LogP contribution is 2.24. The molecule has 0 spiro atoms. The summed E-state index contributed by atoms with van der Waals surface area (Å²) in [4.78, 5) is 12.3. The van der Waals surface area contributed by atoms with E-state index in [2.05, 4.69) is 10.1 Å². The number of hydrogen-bond acceptors (Lipinski definition) is 4. The van der Waals surface area contributed by atoms with Gasteiger partial charge in [-0.2, -0.15) is 0 Å². The van der Waals surface area contributed by atoms with Crippen LogP contribution >= 0.6 is 0 Å². The van der Waals surface area contributed by atoms with E-state index in [1.807, 2.05) is 13.8 Å². The number of carbonyl (C=O) groups is 1. The molecular formula is C18H19F3N2O4S. The van der Waals surface area contributed by atoms with Gasteiger partial charge in [-0.25, -0.2) is 8.42 Å². The van der Waals surface area contributed by atoms with Gasteiger partial charge in [0.25, 0.3) is 0 Å². The first kappa shape index (κ1) is 21.5. The number of carbonyl (C=O) groups excluding carboxylic acids is 1. The van der Waals surface area contributed by atoms with Crippen LogP contribution in [0.25, 0.3) is 0 Å².